The number of hydrogen-bond acceptors (Lipinski definition) is 2. The van der Waals surface area contributed by atoms with Crippen LogP contribution in [-0.2, 0) is 0 Å². The number of halogens is 1. The van der Waals surface area contributed by atoms with Crippen molar-refractivity contribution < 1.29 is 0 Å². The molecule has 0 saturated carbocycles. The molecule has 0 amide bonds. The highest BCUT2D eigenvalue weighted by Gasteiger charge is 2.13. The average molecular weight is 285 g/mol. The molecule has 2 N–H and O–H groups in total. The van der Waals surface area contributed by atoms with Crippen LogP contribution >= 0.6 is 23.8 Å². The molecule has 1 aromatic carbocycles. The van der Waals surface area contributed by atoms with E-state index in [1.54, 1.807) is 0 Å². The Labute approximate surface area is 120 Å². The average Bonchev–Trinajstić information content (AvgIpc) is 2.26. The van der Waals surface area contributed by atoms with Crippen molar-refractivity contribution in [1.82, 2.24) is 0 Å². The summed E-state index contributed by atoms with van der Waals surface area (Å²) in [6.07, 6.45) is 1.14. The van der Waals surface area contributed by atoms with Crippen LogP contribution in [0, 0.1) is 5.92 Å². The summed E-state index contributed by atoms with van der Waals surface area (Å²) in [4.78, 5) is 2.57. The summed E-state index contributed by atoms with van der Waals surface area (Å²) in [5.41, 5.74) is 7.43. The molecule has 1 unspecified atom stereocenters. The van der Waals surface area contributed by atoms with Crippen LogP contribution in [0.15, 0.2) is 18.2 Å². The maximum absolute atomic E-state index is 6.18. The molecule has 100 valence electrons. The van der Waals surface area contributed by atoms with Gasteiger partial charge in [-0.2, -0.15) is 0 Å². The fourth-order valence-electron chi connectivity index (χ4n) is 2.02. The smallest absolute Gasteiger partial charge is 0.105 e. The Bertz CT molecular complexity index is 432. The van der Waals surface area contributed by atoms with E-state index in [9.17, 15) is 0 Å². The third kappa shape index (κ3) is 3.85. The lowest BCUT2D eigenvalue weighted by atomic mass is 10.0. The Morgan fingerprint density at radius 1 is 1.39 bits per heavy atom. The quantitative estimate of drug-likeness (QED) is 0.833. The zero-order valence-corrected chi connectivity index (χ0v) is 13.0. The minimum atomic E-state index is 0.337. The van der Waals surface area contributed by atoms with Crippen LogP contribution in [0.5, 0.6) is 0 Å². The summed E-state index contributed by atoms with van der Waals surface area (Å²) in [5.74, 6) is 0.675. The van der Waals surface area contributed by atoms with Crippen LogP contribution in [0.1, 0.15) is 32.8 Å². The summed E-state index contributed by atoms with van der Waals surface area (Å²) in [5, 5.41) is 0.614. The van der Waals surface area contributed by atoms with Crippen LogP contribution in [0.25, 0.3) is 0 Å². The van der Waals surface area contributed by atoms with E-state index >= 15 is 0 Å². The molecule has 0 aliphatic carbocycles. The second-order valence-corrected chi connectivity index (χ2v) is 5.96. The molecule has 0 heterocycles. The first-order valence-corrected chi connectivity index (χ1v) is 6.93. The molecule has 1 rings (SSSR count). The lowest BCUT2D eigenvalue weighted by Gasteiger charge is -2.28. The van der Waals surface area contributed by atoms with E-state index in [4.69, 9.17) is 29.6 Å². The Morgan fingerprint density at radius 3 is 2.44 bits per heavy atom. The van der Waals surface area contributed by atoms with Crippen molar-refractivity contribution in [2.75, 3.05) is 11.9 Å². The van der Waals surface area contributed by atoms with Crippen LogP contribution in [-0.4, -0.2) is 18.1 Å². The Morgan fingerprint density at radius 2 is 2.00 bits per heavy atom. The first kappa shape index (κ1) is 15.3. The summed E-state index contributed by atoms with van der Waals surface area (Å²) in [6.45, 7) is 6.68. The number of thiocarbonyl (C=S) groups is 1. The highest BCUT2D eigenvalue weighted by molar-refractivity contribution is 7.80. The molecule has 0 fully saturated rings. The zero-order chi connectivity index (χ0) is 13.9. The third-order valence-corrected chi connectivity index (χ3v) is 3.63. The lowest BCUT2D eigenvalue weighted by molar-refractivity contribution is 0.504. The first-order chi connectivity index (χ1) is 8.32. The van der Waals surface area contributed by atoms with Crippen LogP contribution < -0.4 is 10.6 Å². The molecule has 0 radical (unpaired) electrons. The standard InChI is InChI=1S/C14H21ClN2S/c1-9(2)7-10(3)17(4)11-5-6-12(14(16)18)13(15)8-11/h5-6,8-10H,7H2,1-4H3,(H2,16,18). The van der Waals surface area contributed by atoms with Gasteiger partial charge in [0.15, 0.2) is 0 Å². The Balaban J connectivity index is 2.90. The SMILES string of the molecule is CC(C)CC(C)N(C)c1ccc(C(N)=S)c(Cl)c1. The van der Waals surface area contributed by atoms with Gasteiger partial charge < -0.3 is 10.6 Å². The molecule has 0 spiro atoms. The van der Waals surface area contributed by atoms with E-state index < -0.39 is 0 Å². The second kappa shape index (κ2) is 6.39. The molecule has 0 saturated heterocycles. The van der Waals surface area contributed by atoms with Gasteiger partial charge in [-0.3, -0.25) is 0 Å². The molecule has 1 atom stereocenters. The highest BCUT2D eigenvalue weighted by atomic mass is 35.5. The van der Waals surface area contributed by atoms with Crippen molar-refractivity contribution in [2.24, 2.45) is 11.7 Å². The molecule has 0 aromatic heterocycles. The van der Waals surface area contributed by atoms with Gasteiger partial charge in [0.1, 0.15) is 4.99 Å². The largest absolute Gasteiger partial charge is 0.389 e. The highest BCUT2D eigenvalue weighted by Crippen LogP contribution is 2.25. The van der Waals surface area contributed by atoms with Crippen molar-refractivity contribution in [3.63, 3.8) is 0 Å². The minimum absolute atomic E-state index is 0.337. The maximum atomic E-state index is 6.18. The topological polar surface area (TPSA) is 29.3 Å². The monoisotopic (exact) mass is 284 g/mol. The fraction of sp³-hybridized carbons (Fsp3) is 0.500. The normalized spacial score (nSPS) is 12.6. The molecule has 0 aliphatic heterocycles. The van der Waals surface area contributed by atoms with Crippen LogP contribution in [0.2, 0.25) is 5.02 Å². The molecule has 2 nitrogen and oxygen atoms in total. The molecular weight excluding hydrogens is 264 g/mol. The van der Waals surface area contributed by atoms with Gasteiger partial charge in [-0.15, -0.1) is 0 Å². The van der Waals surface area contributed by atoms with Gasteiger partial charge >= 0.3 is 0 Å². The number of hydrogen-bond donors (Lipinski definition) is 1. The van der Waals surface area contributed by atoms with E-state index in [2.05, 4.69) is 32.7 Å². The van der Waals surface area contributed by atoms with Crippen molar-refractivity contribution in [3.8, 4) is 0 Å². The Hall–Kier alpha value is -0.800. The minimum Gasteiger partial charge on any atom is -0.389 e. The van der Waals surface area contributed by atoms with Gasteiger partial charge in [0.2, 0.25) is 0 Å². The fourth-order valence-corrected chi connectivity index (χ4v) is 2.53. The van der Waals surface area contributed by atoms with Gasteiger partial charge in [-0.1, -0.05) is 37.7 Å². The van der Waals surface area contributed by atoms with E-state index in [-0.39, 0.29) is 0 Å². The third-order valence-electron chi connectivity index (χ3n) is 3.10. The van der Waals surface area contributed by atoms with Gasteiger partial charge in [-0.25, -0.2) is 0 Å². The second-order valence-electron chi connectivity index (χ2n) is 5.12. The summed E-state index contributed by atoms with van der Waals surface area (Å²) in [6, 6.07) is 6.29. The Kier molecular flexibility index (Phi) is 5.42. The van der Waals surface area contributed by atoms with Gasteiger partial charge in [0, 0.05) is 24.3 Å². The lowest BCUT2D eigenvalue weighted by Crippen LogP contribution is -2.30. The first-order valence-electron chi connectivity index (χ1n) is 6.15. The van der Waals surface area contributed by atoms with Crippen molar-refractivity contribution in [3.05, 3.63) is 28.8 Å². The molecule has 4 heteroatoms. The van der Waals surface area contributed by atoms with Crippen molar-refractivity contribution in [2.45, 2.75) is 33.2 Å². The van der Waals surface area contributed by atoms with Gasteiger partial charge in [-0.05, 0) is 37.5 Å². The predicted octanol–water partition coefficient (Wildman–Crippen LogP) is 3.85. The number of rotatable bonds is 5. The number of nitrogens with zero attached hydrogens (tertiary/aromatic N) is 1. The van der Waals surface area contributed by atoms with E-state index in [0.717, 1.165) is 17.7 Å². The molecule has 1 aromatic rings. The van der Waals surface area contributed by atoms with Gasteiger partial charge in [0.05, 0.1) is 5.02 Å². The molecule has 0 bridgehead atoms. The van der Waals surface area contributed by atoms with Gasteiger partial charge in [0.25, 0.3) is 0 Å². The molecular formula is C14H21ClN2S. The van der Waals surface area contributed by atoms with Crippen molar-refractivity contribution in [1.29, 1.82) is 0 Å². The van der Waals surface area contributed by atoms with Crippen LogP contribution in [0.3, 0.4) is 0 Å². The zero-order valence-electron chi connectivity index (χ0n) is 11.4. The number of anilines is 1. The summed E-state index contributed by atoms with van der Waals surface area (Å²) < 4.78 is 0. The maximum Gasteiger partial charge on any atom is 0.105 e. The summed E-state index contributed by atoms with van der Waals surface area (Å²) >= 11 is 11.1. The van der Waals surface area contributed by atoms with Crippen molar-refractivity contribution >= 4 is 34.5 Å². The predicted molar refractivity (Wildman–Crippen MR) is 84.7 cm³/mol. The van der Waals surface area contributed by atoms with E-state index in [1.165, 1.54) is 0 Å². The van der Waals surface area contributed by atoms with E-state index in [1.807, 2.05) is 18.2 Å². The molecule has 18 heavy (non-hydrogen) atoms. The number of benzene rings is 1. The summed E-state index contributed by atoms with van der Waals surface area (Å²) in [7, 11) is 2.08. The van der Waals surface area contributed by atoms with E-state index in [0.29, 0.717) is 22.0 Å². The number of nitrogens with two attached hydrogens (primary N) is 1. The van der Waals surface area contributed by atoms with Crippen LogP contribution in [0.4, 0.5) is 5.69 Å². The molecule has 0 aliphatic rings.